The molecule has 0 aromatic heterocycles. The van der Waals surface area contributed by atoms with Crippen molar-refractivity contribution in [2.45, 2.75) is 24.8 Å². The fourth-order valence-corrected chi connectivity index (χ4v) is 1.88. The fourth-order valence-electron chi connectivity index (χ4n) is 1.88. The van der Waals surface area contributed by atoms with Crippen LogP contribution in [0.3, 0.4) is 0 Å². The molecule has 1 fully saturated rings. The van der Waals surface area contributed by atoms with Crippen LogP contribution in [0.15, 0.2) is 30.3 Å². The molecule has 0 spiro atoms. The molecule has 0 heterocycles. The van der Waals surface area contributed by atoms with Crippen molar-refractivity contribution in [1.82, 2.24) is 5.48 Å². The Kier molecular flexibility index (Phi) is 2.62. The summed E-state index contributed by atoms with van der Waals surface area (Å²) >= 11 is 0. The summed E-state index contributed by atoms with van der Waals surface area (Å²) < 4.78 is 0. The molecule has 1 saturated carbocycles. The first-order valence-corrected chi connectivity index (χ1v) is 4.73. The Bertz CT molecular complexity index is 254. The molecule has 1 aromatic rings. The SMILES string of the molecule is CONC1CC(c2ccccc2)C1. The average Bonchev–Trinajstić information content (AvgIpc) is 2.12. The second kappa shape index (κ2) is 3.90. The monoisotopic (exact) mass is 177 g/mol. The molecular formula is C11H15NO. The lowest BCUT2D eigenvalue weighted by molar-refractivity contribution is 0.0285. The smallest absolute Gasteiger partial charge is 0.0572 e. The topological polar surface area (TPSA) is 21.3 Å². The summed E-state index contributed by atoms with van der Waals surface area (Å²) in [7, 11) is 1.68. The number of nitrogens with one attached hydrogen (secondary N) is 1. The van der Waals surface area contributed by atoms with Crippen molar-refractivity contribution in [3.8, 4) is 0 Å². The first-order chi connectivity index (χ1) is 6.40. The molecule has 0 unspecified atom stereocenters. The molecule has 0 aliphatic heterocycles. The van der Waals surface area contributed by atoms with Gasteiger partial charge in [0.05, 0.1) is 7.11 Å². The first kappa shape index (κ1) is 8.73. The minimum atomic E-state index is 0.551. The van der Waals surface area contributed by atoms with E-state index in [-0.39, 0.29) is 0 Å². The minimum absolute atomic E-state index is 0.551. The predicted octanol–water partition coefficient (Wildman–Crippen LogP) is 2.08. The molecule has 1 N–H and O–H groups in total. The van der Waals surface area contributed by atoms with Gasteiger partial charge in [0.25, 0.3) is 0 Å². The molecule has 1 aromatic carbocycles. The van der Waals surface area contributed by atoms with Gasteiger partial charge in [-0.2, -0.15) is 5.48 Å². The molecule has 2 heteroatoms. The number of hydrogen-bond donors (Lipinski definition) is 1. The van der Waals surface area contributed by atoms with Crippen molar-refractivity contribution in [1.29, 1.82) is 0 Å². The van der Waals surface area contributed by atoms with Crippen LogP contribution >= 0.6 is 0 Å². The van der Waals surface area contributed by atoms with Crippen LogP contribution in [0.2, 0.25) is 0 Å². The molecule has 1 aliphatic rings. The third-order valence-corrected chi connectivity index (χ3v) is 2.69. The first-order valence-electron chi connectivity index (χ1n) is 4.73. The summed E-state index contributed by atoms with van der Waals surface area (Å²) in [4.78, 5) is 4.88. The number of hydrogen-bond acceptors (Lipinski definition) is 2. The summed E-state index contributed by atoms with van der Waals surface area (Å²) in [5.74, 6) is 0.730. The van der Waals surface area contributed by atoms with Crippen LogP contribution in [0.1, 0.15) is 24.3 Å². The minimum Gasteiger partial charge on any atom is -0.305 e. The molecule has 0 radical (unpaired) electrons. The van der Waals surface area contributed by atoms with Crippen LogP contribution in [0.4, 0.5) is 0 Å². The molecule has 1 aliphatic carbocycles. The van der Waals surface area contributed by atoms with Crippen LogP contribution in [-0.4, -0.2) is 13.2 Å². The van der Waals surface area contributed by atoms with E-state index in [1.807, 2.05) is 0 Å². The van der Waals surface area contributed by atoms with Crippen molar-refractivity contribution >= 4 is 0 Å². The molecule has 0 saturated heterocycles. The highest BCUT2D eigenvalue weighted by Gasteiger charge is 2.29. The van der Waals surface area contributed by atoms with Crippen molar-refractivity contribution in [2.75, 3.05) is 7.11 Å². The molecule has 2 nitrogen and oxygen atoms in total. The molecule has 0 atom stereocenters. The van der Waals surface area contributed by atoms with E-state index in [9.17, 15) is 0 Å². The Morgan fingerprint density at radius 2 is 1.92 bits per heavy atom. The summed E-state index contributed by atoms with van der Waals surface area (Å²) in [6.45, 7) is 0. The highest BCUT2D eigenvalue weighted by Crippen LogP contribution is 2.36. The predicted molar refractivity (Wildman–Crippen MR) is 52.3 cm³/mol. The van der Waals surface area contributed by atoms with Gasteiger partial charge in [-0.25, -0.2) is 0 Å². The van der Waals surface area contributed by atoms with Gasteiger partial charge in [0.1, 0.15) is 0 Å². The number of rotatable bonds is 3. The molecule has 13 heavy (non-hydrogen) atoms. The van der Waals surface area contributed by atoms with Crippen molar-refractivity contribution in [3.05, 3.63) is 35.9 Å². The zero-order chi connectivity index (χ0) is 9.10. The Morgan fingerprint density at radius 1 is 1.23 bits per heavy atom. The maximum Gasteiger partial charge on any atom is 0.0572 e. The van der Waals surface area contributed by atoms with E-state index in [0.717, 1.165) is 5.92 Å². The quantitative estimate of drug-likeness (QED) is 0.714. The van der Waals surface area contributed by atoms with E-state index in [1.165, 1.54) is 18.4 Å². The van der Waals surface area contributed by atoms with E-state index >= 15 is 0 Å². The average molecular weight is 177 g/mol. The summed E-state index contributed by atoms with van der Waals surface area (Å²) in [6.07, 6.45) is 2.38. The normalized spacial score (nSPS) is 26.8. The lowest BCUT2D eigenvalue weighted by Crippen LogP contribution is -2.39. The molecule has 0 amide bonds. The summed E-state index contributed by atoms with van der Waals surface area (Å²) in [5.41, 5.74) is 4.44. The highest BCUT2D eigenvalue weighted by molar-refractivity contribution is 5.22. The fraction of sp³-hybridized carbons (Fsp3) is 0.455. The third kappa shape index (κ3) is 1.90. The van der Waals surface area contributed by atoms with E-state index in [1.54, 1.807) is 7.11 Å². The largest absolute Gasteiger partial charge is 0.305 e. The number of benzene rings is 1. The van der Waals surface area contributed by atoms with Crippen molar-refractivity contribution < 1.29 is 4.84 Å². The third-order valence-electron chi connectivity index (χ3n) is 2.69. The van der Waals surface area contributed by atoms with Gasteiger partial charge < -0.3 is 4.84 Å². The van der Waals surface area contributed by atoms with Crippen LogP contribution in [0, 0.1) is 0 Å². The molecule has 70 valence electrons. The Balaban J connectivity index is 1.87. The second-order valence-corrected chi connectivity index (χ2v) is 3.60. The maximum atomic E-state index is 4.88. The van der Waals surface area contributed by atoms with E-state index < -0.39 is 0 Å². The van der Waals surface area contributed by atoms with E-state index in [4.69, 9.17) is 4.84 Å². The van der Waals surface area contributed by atoms with E-state index in [0.29, 0.717) is 6.04 Å². The van der Waals surface area contributed by atoms with Crippen LogP contribution in [0.25, 0.3) is 0 Å². The maximum absolute atomic E-state index is 4.88. The summed E-state index contributed by atoms with van der Waals surface area (Å²) in [6, 6.07) is 11.2. The molecule has 0 bridgehead atoms. The Hall–Kier alpha value is -0.860. The van der Waals surface area contributed by atoms with Gasteiger partial charge in [-0.3, -0.25) is 0 Å². The van der Waals surface area contributed by atoms with Gasteiger partial charge in [-0.15, -0.1) is 0 Å². The zero-order valence-electron chi connectivity index (χ0n) is 7.86. The van der Waals surface area contributed by atoms with Gasteiger partial charge >= 0.3 is 0 Å². The lowest BCUT2D eigenvalue weighted by atomic mass is 9.76. The van der Waals surface area contributed by atoms with Gasteiger partial charge in [0.2, 0.25) is 0 Å². The lowest BCUT2D eigenvalue weighted by Gasteiger charge is -2.35. The van der Waals surface area contributed by atoms with Gasteiger partial charge in [0.15, 0.2) is 0 Å². The molecule has 2 rings (SSSR count). The highest BCUT2D eigenvalue weighted by atomic mass is 16.6. The standard InChI is InChI=1S/C11H15NO/c1-13-12-11-7-10(8-11)9-5-3-2-4-6-9/h2-6,10-12H,7-8H2,1H3. The second-order valence-electron chi connectivity index (χ2n) is 3.60. The van der Waals surface area contributed by atoms with Crippen molar-refractivity contribution in [2.24, 2.45) is 0 Å². The van der Waals surface area contributed by atoms with Crippen LogP contribution in [-0.2, 0) is 4.84 Å². The van der Waals surface area contributed by atoms with Crippen LogP contribution in [0.5, 0.6) is 0 Å². The Labute approximate surface area is 78.9 Å². The number of hydroxylamine groups is 1. The zero-order valence-corrected chi connectivity index (χ0v) is 7.86. The van der Waals surface area contributed by atoms with Crippen LogP contribution < -0.4 is 5.48 Å². The van der Waals surface area contributed by atoms with Crippen molar-refractivity contribution in [3.63, 3.8) is 0 Å². The summed E-state index contributed by atoms with van der Waals surface area (Å²) in [5, 5.41) is 0. The van der Waals surface area contributed by atoms with Gasteiger partial charge in [-0.05, 0) is 24.3 Å². The van der Waals surface area contributed by atoms with E-state index in [2.05, 4.69) is 35.8 Å². The van der Waals surface area contributed by atoms with Gasteiger partial charge in [-0.1, -0.05) is 30.3 Å². The molecular weight excluding hydrogens is 162 g/mol. The van der Waals surface area contributed by atoms with Gasteiger partial charge in [0, 0.05) is 6.04 Å². The Morgan fingerprint density at radius 3 is 2.54 bits per heavy atom.